The van der Waals surface area contributed by atoms with E-state index >= 15 is 0 Å². The zero-order chi connectivity index (χ0) is 19.6. The molecule has 0 aliphatic heterocycles. The van der Waals surface area contributed by atoms with Crippen LogP contribution >= 0.6 is 11.6 Å². The zero-order valence-corrected chi connectivity index (χ0v) is 14.4. The Morgan fingerprint density at radius 1 is 1.11 bits per heavy atom. The Morgan fingerprint density at radius 2 is 1.81 bits per heavy atom. The number of aromatic nitrogens is 2. The zero-order valence-electron chi connectivity index (χ0n) is 13.7. The van der Waals surface area contributed by atoms with Gasteiger partial charge in [-0.25, -0.2) is 0 Å². The summed E-state index contributed by atoms with van der Waals surface area (Å²) < 4.78 is 41.0. The molecule has 3 rings (SSSR count). The van der Waals surface area contributed by atoms with Gasteiger partial charge in [0, 0.05) is 18.3 Å². The van der Waals surface area contributed by atoms with Gasteiger partial charge in [0.1, 0.15) is 17.5 Å². The van der Waals surface area contributed by atoms with E-state index in [4.69, 9.17) is 16.9 Å². The summed E-state index contributed by atoms with van der Waals surface area (Å²) in [5.41, 5.74) is -1.28. The highest BCUT2D eigenvalue weighted by atomic mass is 35.5. The number of halogens is 4. The van der Waals surface area contributed by atoms with E-state index in [0.717, 1.165) is 11.6 Å². The fraction of sp³-hybridized carbons (Fsp3) is 0.105. The summed E-state index contributed by atoms with van der Waals surface area (Å²) in [7, 11) is 0. The van der Waals surface area contributed by atoms with Gasteiger partial charge in [-0.15, -0.1) is 0 Å². The van der Waals surface area contributed by atoms with Gasteiger partial charge in [0.25, 0.3) is 5.56 Å². The lowest BCUT2D eigenvalue weighted by molar-refractivity contribution is -0.137. The highest BCUT2D eigenvalue weighted by Gasteiger charge is 2.34. The summed E-state index contributed by atoms with van der Waals surface area (Å²) in [6.07, 6.45) is -3.38. The maximum Gasteiger partial charge on any atom is 0.417 e. The molecule has 2 aromatic carbocycles. The molecule has 0 bridgehead atoms. The molecule has 0 aliphatic carbocycles. The van der Waals surface area contributed by atoms with E-state index in [1.165, 1.54) is 22.9 Å². The molecule has 0 saturated carbocycles. The lowest BCUT2D eigenvalue weighted by atomic mass is 10.1. The fourth-order valence-electron chi connectivity index (χ4n) is 2.61. The second-order valence-corrected chi connectivity index (χ2v) is 6.05. The normalized spacial score (nSPS) is 11.2. The SMILES string of the molecule is N#Cc1cn(Cc2ccccc2)c(-c2cccc(C(F)(F)F)c2Cl)nc1=O. The van der Waals surface area contributed by atoms with Crippen LogP contribution in [0.25, 0.3) is 11.4 Å². The monoisotopic (exact) mass is 389 g/mol. The highest BCUT2D eigenvalue weighted by molar-refractivity contribution is 6.34. The molecular weight excluding hydrogens is 379 g/mol. The topological polar surface area (TPSA) is 58.7 Å². The van der Waals surface area contributed by atoms with Crippen LogP contribution in [0.5, 0.6) is 0 Å². The molecule has 0 atom stereocenters. The van der Waals surface area contributed by atoms with Gasteiger partial charge >= 0.3 is 6.18 Å². The number of nitriles is 1. The molecule has 0 amide bonds. The minimum absolute atomic E-state index is 0.0380. The van der Waals surface area contributed by atoms with E-state index in [1.54, 1.807) is 18.2 Å². The van der Waals surface area contributed by atoms with Crippen molar-refractivity contribution >= 4 is 11.6 Å². The summed E-state index contributed by atoms with van der Waals surface area (Å²) in [6, 6.07) is 14.2. The summed E-state index contributed by atoms with van der Waals surface area (Å²) in [6.45, 7) is 0.199. The van der Waals surface area contributed by atoms with Gasteiger partial charge in [-0.2, -0.15) is 23.4 Å². The molecule has 0 aliphatic rings. The number of hydrogen-bond acceptors (Lipinski definition) is 3. The first-order valence-corrected chi connectivity index (χ1v) is 8.10. The van der Waals surface area contributed by atoms with Crippen LogP contribution in [0.3, 0.4) is 0 Å². The average Bonchev–Trinajstić information content (AvgIpc) is 2.63. The van der Waals surface area contributed by atoms with Crippen molar-refractivity contribution in [1.82, 2.24) is 9.55 Å². The molecule has 0 N–H and O–H groups in total. The van der Waals surface area contributed by atoms with Crippen molar-refractivity contribution in [1.29, 1.82) is 5.26 Å². The first-order valence-electron chi connectivity index (χ1n) is 7.73. The van der Waals surface area contributed by atoms with E-state index in [-0.39, 0.29) is 23.5 Å². The first kappa shape index (κ1) is 18.7. The van der Waals surface area contributed by atoms with Gasteiger partial charge in [-0.05, 0) is 17.7 Å². The van der Waals surface area contributed by atoms with Gasteiger partial charge in [0.15, 0.2) is 0 Å². The largest absolute Gasteiger partial charge is 0.417 e. The molecule has 0 saturated heterocycles. The van der Waals surface area contributed by atoms with Crippen molar-refractivity contribution in [3.63, 3.8) is 0 Å². The van der Waals surface area contributed by atoms with E-state index in [0.29, 0.717) is 0 Å². The summed E-state index contributed by atoms with van der Waals surface area (Å²) in [4.78, 5) is 15.9. The number of benzene rings is 2. The van der Waals surface area contributed by atoms with Gasteiger partial charge in [0.05, 0.1) is 10.6 Å². The average molecular weight is 390 g/mol. The standard InChI is InChI=1S/C19H11ClF3N3O/c20-16-14(7-4-8-15(16)19(21,22)23)17-25-18(27)13(9-24)11-26(17)10-12-5-2-1-3-6-12/h1-8,11H,10H2. The van der Waals surface area contributed by atoms with E-state index in [9.17, 15) is 18.0 Å². The molecule has 0 radical (unpaired) electrons. The van der Waals surface area contributed by atoms with Gasteiger partial charge in [-0.1, -0.05) is 48.0 Å². The van der Waals surface area contributed by atoms with E-state index in [1.807, 2.05) is 18.2 Å². The van der Waals surface area contributed by atoms with Crippen molar-refractivity contribution in [2.24, 2.45) is 0 Å². The minimum atomic E-state index is -4.65. The van der Waals surface area contributed by atoms with Crippen molar-refractivity contribution < 1.29 is 13.2 Å². The molecule has 1 heterocycles. The molecule has 0 fully saturated rings. The highest BCUT2D eigenvalue weighted by Crippen LogP contribution is 2.39. The number of rotatable bonds is 3. The second-order valence-electron chi connectivity index (χ2n) is 5.67. The molecule has 3 aromatic rings. The van der Waals surface area contributed by atoms with Crippen molar-refractivity contribution in [3.05, 3.63) is 86.8 Å². The molecule has 27 heavy (non-hydrogen) atoms. The van der Waals surface area contributed by atoms with Gasteiger partial charge in [0.2, 0.25) is 0 Å². The molecule has 0 spiro atoms. The first-order chi connectivity index (χ1) is 12.8. The lowest BCUT2D eigenvalue weighted by Gasteiger charge is -2.16. The summed E-state index contributed by atoms with van der Waals surface area (Å²) in [5.74, 6) is -0.0426. The van der Waals surface area contributed by atoms with Crippen molar-refractivity contribution in [3.8, 4) is 17.5 Å². The maximum absolute atomic E-state index is 13.2. The third-order valence-corrected chi connectivity index (χ3v) is 4.26. The number of alkyl halides is 3. The quantitative estimate of drug-likeness (QED) is 0.662. The molecule has 1 aromatic heterocycles. The van der Waals surface area contributed by atoms with Crippen LogP contribution in [0.2, 0.25) is 5.02 Å². The molecule has 4 nitrogen and oxygen atoms in total. The summed E-state index contributed by atoms with van der Waals surface area (Å²) in [5, 5.41) is 8.55. The molecule has 8 heteroatoms. The van der Waals surface area contributed by atoms with Crippen LogP contribution in [-0.2, 0) is 12.7 Å². The third-order valence-electron chi connectivity index (χ3n) is 3.86. The lowest BCUT2D eigenvalue weighted by Crippen LogP contribution is -2.19. The van der Waals surface area contributed by atoms with Crippen LogP contribution in [0, 0.1) is 11.3 Å². The van der Waals surface area contributed by atoms with E-state index < -0.39 is 22.3 Å². The molecule has 136 valence electrons. The summed E-state index contributed by atoms with van der Waals surface area (Å²) >= 11 is 5.99. The van der Waals surface area contributed by atoms with Crippen LogP contribution in [0.4, 0.5) is 13.2 Å². The Kier molecular flexibility index (Phi) is 5.02. The predicted octanol–water partition coefficient (Wildman–Crippen LogP) is 4.50. The Hall–Kier alpha value is -3.11. The van der Waals surface area contributed by atoms with Crippen LogP contribution in [0.15, 0.2) is 59.5 Å². The van der Waals surface area contributed by atoms with Gasteiger partial charge < -0.3 is 4.57 Å². The number of nitrogens with zero attached hydrogens (tertiary/aromatic N) is 3. The fourth-order valence-corrected chi connectivity index (χ4v) is 2.93. The third kappa shape index (κ3) is 3.86. The van der Waals surface area contributed by atoms with Crippen LogP contribution in [0.1, 0.15) is 16.7 Å². The van der Waals surface area contributed by atoms with Crippen molar-refractivity contribution in [2.75, 3.05) is 0 Å². The minimum Gasteiger partial charge on any atom is -0.326 e. The Balaban J connectivity index is 2.23. The van der Waals surface area contributed by atoms with Crippen LogP contribution in [-0.4, -0.2) is 9.55 Å². The van der Waals surface area contributed by atoms with Crippen LogP contribution < -0.4 is 5.56 Å². The predicted molar refractivity (Wildman–Crippen MR) is 94.2 cm³/mol. The smallest absolute Gasteiger partial charge is 0.326 e. The Bertz CT molecular complexity index is 1090. The Morgan fingerprint density at radius 3 is 2.44 bits per heavy atom. The Labute approximate surface area is 157 Å². The number of hydrogen-bond donors (Lipinski definition) is 0. The molecular formula is C19H11ClF3N3O. The van der Waals surface area contributed by atoms with Gasteiger partial charge in [-0.3, -0.25) is 4.79 Å². The van der Waals surface area contributed by atoms with Crippen molar-refractivity contribution in [2.45, 2.75) is 12.7 Å². The van der Waals surface area contributed by atoms with E-state index in [2.05, 4.69) is 4.98 Å². The second kappa shape index (κ2) is 7.25. The molecule has 0 unspecified atom stereocenters. The maximum atomic E-state index is 13.2.